The molecule has 0 aliphatic rings. The van der Waals surface area contributed by atoms with E-state index in [1.807, 2.05) is 90.4 Å². The number of benzene rings is 4. The average molecular weight is 481 g/mol. The smallest absolute Gasteiger partial charge is 0.234 e. The van der Waals surface area contributed by atoms with Crippen molar-refractivity contribution < 1.29 is 9.53 Å². The molecule has 6 nitrogen and oxygen atoms in total. The van der Waals surface area contributed by atoms with E-state index in [2.05, 4.69) is 27.6 Å². The van der Waals surface area contributed by atoms with Gasteiger partial charge in [0.2, 0.25) is 5.91 Å². The number of hydrogen-bond donors (Lipinski definition) is 1. The van der Waals surface area contributed by atoms with Crippen LogP contribution in [0.25, 0.3) is 27.8 Å². The lowest BCUT2D eigenvalue weighted by Crippen LogP contribution is -2.14. The third-order valence-electron chi connectivity index (χ3n) is 5.67. The molecular formula is C28H24N4O2S. The van der Waals surface area contributed by atoms with Gasteiger partial charge < -0.3 is 10.1 Å². The number of nitrogens with zero attached hydrogens (tertiary/aromatic N) is 3. The van der Waals surface area contributed by atoms with Crippen LogP contribution in [0.1, 0.15) is 5.56 Å². The van der Waals surface area contributed by atoms with Crippen LogP contribution in [0.15, 0.2) is 96.2 Å². The minimum absolute atomic E-state index is 0.101. The van der Waals surface area contributed by atoms with Crippen LogP contribution in [0.4, 0.5) is 5.69 Å². The van der Waals surface area contributed by atoms with E-state index in [1.165, 1.54) is 11.8 Å². The second-order valence-corrected chi connectivity index (χ2v) is 9.01. The van der Waals surface area contributed by atoms with Crippen molar-refractivity contribution in [3.05, 3.63) is 96.6 Å². The third kappa shape index (κ3) is 4.90. The first-order valence-electron chi connectivity index (χ1n) is 11.2. The Labute approximate surface area is 208 Å². The Balaban J connectivity index is 1.41. The van der Waals surface area contributed by atoms with Crippen LogP contribution in [0.3, 0.4) is 0 Å². The van der Waals surface area contributed by atoms with Gasteiger partial charge in [-0.15, -0.1) is 10.2 Å². The van der Waals surface area contributed by atoms with E-state index in [0.717, 1.165) is 39.0 Å². The predicted octanol–water partition coefficient (Wildman–Crippen LogP) is 6.14. The maximum absolute atomic E-state index is 12.9. The molecule has 5 aromatic rings. The Morgan fingerprint density at radius 3 is 2.43 bits per heavy atom. The number of aryl methyl sites for hydroxylation is 1. The molecule has 4 aromatic carbocycles. The van der Waals surface area contributed by atoms with Crippen LogP contribution >= 0.6 is 11.8 Å². The first kappa shape index (κ1) is 22.7. The minimum atomic E-state index is -0.101. The molecule has 1 heterocycles. The highest BCUT2D eigenvalue weighted by Gasteiger charge is 2.18. The van der Waals surface area contributed by atoms with E-state index in [0.29, 0.717) is 11.0 Å². The van der Waals surface area contributed by atoms with Crippen molar-refractivity contribution in [3.8, 4) is 22.8 Å². The number of thioether (sulfide) groups is 1. The quantitative estimate of drug-likeness (QED) is 0.284. The van der Waals surface area contributed by atoms with Crippen LogP contribution in [0, 0.1) is 6.92 Å². The van der Waals surface area contributed by atoms with Crippen molar-refractivity contribution in [2.24, 2.45) is 0 Å². The van der Waals surface area contributed by atoms with Gasteiger partial charge in [-0.3, -0.25) is 9.36 Å². The number of carbonyl (C=O) groups excluding carboxylic acids is 1. The van der Waals surface area contributed by atoms with Gasteiger partial charge in [-0.2, -0.15) is 0 Å². The topological polar surface area (TPSA) is 69.0 Å². The summed E-state index contributed by atoms with van der Waals surface area (Å²) in [5.41, 5.74) is 3.80. The fraction of sp³-hybridized carbons (Fsp3) is 0.107. The fourth-order valence-corrected chi connectivity index (χ4v) is 4.62. The number of nitrogens with one attached hydrogen (secondary N) is 1. The van der Waals surface area contributed by atoms with Crippen LogP contribution in [-0.4, -0.2) is 33.5 Å². The van der Waals surface area contributed by atoms with E-state index in [1.54, 1.807) is 7.11 Å². The zero-order valence-electron chi connectivity index (χ0n) is 19.4. The van der Waals surface area contributed by atoms with Crippen LogP contribution in [0.5, 0.6) is 5.75 Å². The Kier molecular flexibility index (Phi) is 6.50. The molecule has 35 heavy (non-hydrogen) atoms. The number of amides is 1. The van der Waals surface area contributed by atoms with Crippen molar-refractivity contribution in [2.75, 3.05) is 18.2 Å². The first-order chi connectivity index (χ1) is 17.1. The molecule has 1 aromatic heterocycles. The van der Waals surface area contributed by atoms with E-state index in [9.17, 15) is 4.79 Å². The Morgan fingerprint density at radius 1 is 0.914 bits per heavy atom. The van der Waals surface area contributed by atoms with Gasteiger partial charge in [-0.1, -0.05) is 65.9 Å². The molecule has 0 saturated heterocycles. The number of anilines is 1. The molecule has 0 spiro atoms. The molecule has 0 bridgehead atoms. The summed E-state index contributed by atoms with van der Waals surface area (Å²) in [4.78, 5) is 12.9. The summed E-state index contributed by atoms with van der Waals surface area (Å²) in [6, 6.07) is 29.8. The second-order valence-electron chi connectivity index (χ2n) is 8.07. The van der Waals surface area contributed by atoms with Gasteiger partial charge in [-0.05, 0) is 54.8 Å². The standard InChI is InChI=1S/C28H24N4O2S/c1-19-10-14-22(15-11-19)32-27(21-12-16-23(34-2)17-13-21)30-31-28(32)35-18-26(33)29-25-9-5-7-20-6-3-4-8-24(20)25/h3-17H,18H2,1-2H3,(H,29,33). The monoisotopic (exact) mass is 480 g/mol. The Bertz CT molecular complexity index is 1470. The minimum Gasteiger partial charge on any atom is -0.497 e. The summed E-state index contributed by atoms with van der Waals surface area (Å²) in [5.74, 6) is 1.58. The second kappa shape index (κ2) is 10.0. The SMILES string of the molecule is COc1ccc(-c2nnc(SCC(=O)Nc3cccc4ccccc34)n2-c2ccc(C)cc2)cc1. The third-order valence-corrected chi connectivity index (χ3v) is 6.60. The highest BCUT2D eigenvalue weighted by atomic mass is 32.2. The molecule has 1 N–H and O–H groups in total. The maximum atomic E-state index is 12.9. The molecular weight excluding hydrogens is 456 g/mol. The molecule has 0 aliphatic heterocycles. The first-order valence-corrected chi connectivity index (χ1v) is 12.2. The van der Waals surface area contributed by atoms with Crippen LogP contribution in [-0.2, 0) is 4.79 Å². The van der Waals surface area contributed by atoms with Gasteiger partial charge in [0.25, 0.3) is 0 Å². The number of aromatic nitrogens is 3. The number of ether oxygens (including phenoxy) is 1. The van der Waals surface area contributed by atoms with Gasteiger partial charge in [0, 0.05) is 22.3 Å². The lowest BCUT2D eigenvalue weighted by molar-refractivity contribution is -0.113. The highest BCUT2D eigenvalue weighted by Crippen LogP contribution is 2.30. The van der Waals surface area contributed by atoms with E-state index < -0.39 is 0 Å². The molecule has 0 atom stereocenters. The lowest BCUT2D eigenvalue weighted by atomic mass is 10.1. The normalized spacial score (nSPS) is 10.9. The largest absolute Gasteiger partial charge is 0.497 e. The lowest BCUT2D eigenvalue weighted by Gasteiger charge is -2.12. The molecule has 0 fully saturated rings. The Morgan fingerprint density at radius 2 is 1.66 bits per heavy atom. The number of rotatable bonds is 7. The van der Waals surface area contributed by atoms with Gasteiger partial charge in [0.15, 0.2) is 11.0 Å². The Hall–Kier alpha value is -4.10. The zero-order chi connectivity index (χ0) is 24.2. The van der Waals surface area contributed by atoms with Crippen molar-refractivity contribution in [1.29, 1.82) is 0 Å². The van der Waals surface area contributed by atoms with E-state index >= 15 is 0 Å². The summed E-state index contributed by atoms with van der Waals surface area (Å²) in [6.45, 7) is 2.05. The number of hydrogen-bond acceptors (Lipinski definition) is 5. The number of fused-ring (bicyclic) bond motifs is 1. The van der Waals surface area contributed by atoms with Gasteiger partial charge in [-0.25, -0.2) is 0 Å². The number of methoxy groups -OCH3 is 1. The molecule has 0 aliphatic carbocycles. The predicted molar refractivity (Wildman–Crippen MR) is 141 cm³/mol. The number of carbonyl (C=O) groups is 1. The van der Waals surface area contributed by atoms with Crippen molar-refractivity contribution in [2.45, 2.75) is 12.1 Å². The molecule has 0 unspecified atom stereocenters. The van der Waals surface area contributed by atoms with Crippen molar-refractivity contribution in [1.82, 2.24) is 14.8 Å². The molecule has 0 radical (unpaired) electrons. The summed E-state index contributed by atoms with van der Waals surface area (Å²) < 4.78 is 7.27. The summed E-state index contributed by atoms with van der Waals surface area (Å²) in [5, 5.41) is 14.7. The summed E-state index contributed by atoms with van der Waals surface area (Å²) >= 11 is 1.35. The van der Waals surface area contributed by atoms with Gasteiger partial charge >= 0.3 is 0 Å². The summed E-state index contributed by atoms with van der Waals surface area (Å²) in [6.07, 6.45) is 0. The van der Waals surface area contributed by atoms with Crippen LogP contribution < -0.4 is 10.1 Å². The molecule has 7 heteroatoms. The fourth-order valence-electron chi connectivity index (χ4n) is 3.87. The average Bonchev–Trinajstić information content (AvgIpc) is 3.32. The van der Waals surface area contributed by atoms with E-state index in [4.69, 9.17) is 4.74 Å². The molecule has 1 amide bonds. The van der Waals surface area contributed by atoms with Gasteiger partial charge in [0.1, 0.15) is 5.75 Å². The van der Waals surface area contributed by atoms with Crippen molar-refractivity contribution in [3.63, 3.8) is 0 Å². The molecule has 174 valence electrons. The molecule has 0 saturated carbocycles. The van der Waals surface area contributed by atoms with Crippen LogP contribution in [0.2, 0.25) is 0 Å². The highest BCUT2D eigenvalue weighted by molar-refractivity contribution is 7.99. The zero-order valence-corrected chi connectivity index (χ0v) is 20.3. The van der Waals surface area contributed by atoms with Gasteiger partial charge in [0.05, 0.1) is 12.9 Å². The molecule has 5 rings (SSSR count). The summed E-state index contributed by atoms with van der Waals surface area (Å²) in [7, 11) is 1.64. The van der Waals surface area contributed by atoms with E-state index in [-0.39, 0.29) is 11.7 Å². The maximum Gasteiger partial charge on any atom is 0.234 e. The van der Waals surface area contributed by atoms with Crippen molar-refractivity contribution >= 4 is 34.1 Å².